The maximum atomic E-state index is 11.8. The molecule has 8 heteroatoms. The molecule has 1 unspecified atom stereocenters. The van der Waals surface area contributed by atoms with Gasteiger partial charge >= 0.3 is 0 Å². The van der Waals surface area contributed by atoms with E-state index in [0.29, 0.717) is 19.1 Å². The molecule has 0 aliphatic heterocycles. The minimum absolute atomic E-state index is 0.0422. The lowest BCUT2D eigenvalue weighted by molar-refractivity contribution is -0.120. The number of rotatable bonds is 12. The number of amides is 1. The lowest BCUT2D eigenvalue weighted by Gasteiger charge is -2.11. The molecule has 0 aromatic heterocycles. The van der Waals surface area contributed by atoms with E-state index in [0.717, 1.165) is 32.5 Å². The third-order valence-electron chi connectivity index (χ3n) is 2.65. The zero-order valence-electron chi connectivity index (χ0n) is 13.0. The summed E-state index contributed by atoms with van der Waals surface area (Å²) in [4.78, 5) is 15.7. The summed E-state index contributed by atoms with van der Waals surface area (Å²) in [7, 11) is 0. The Balaban J connectivity index is 3.49. The second kappa shape index (κ2) is 13.1. The predicted molar refractivity (Wildman–Crippen MR) is 96.7 cm³/mol. The average Bonchev–Trinajstić information content (AvgIpc) is 2.41. The van der Waals surface area contributed by atoms with Gasteiger partial charge in [0.05, 0.1) is 3.92 Å². The van der Waals surface area contributed by atoms with E-state index in [9.17, 15) is 4.79 Å². The first-order valence-electron chi connectivity index (χ1n) is 7.34. The van der Waals surface area contributed by atoms with E-state index in [1.54, 1.807) is 0 Å². The Morgan fingerprint density at radius 3 is 2.48 bits per heavy atom. The molecule has 1 atom stereocenters. The third kappa shape index (κ3) is 14.1. The van der Waals surface area contributed by atoms with Crippen LogP contribution in [0.2, 0.25) is 0 Å². The molecule has 7 N–H and O–H groups in total. The van der Waals surface area contributed by atoms with Gasteiger partial charge in [0.25, 0.3) is 0 Å². The third-order valence-corrected chi connectivity index (χ3v) is 3.84. The summed E-state index contributed by atoms with van der Waals surface area (Å²) in [5.41, 5.74) is 10.5. The van der Waals surface area contributed by atoms with Crippen molar-refractivity contribution >= 4 is 34.5 Å². The molecule has 7 nitrogen and oxygen atoms in total. The number of nitrogens with two attached hydrogens (primary N) is 2. The number of carbonyl (C=O) groups is 1. The molecular formula is C13H29IN6O. The van der Waals surface area contributed by atoms with E-state index in [1.807, 2.05) is 0 Å². The number of alkyl halides is 1. The Morgan fingerprint density at radius 2 is 1.86 bits per heavy atom. The molecule has 0 aliphatic rings. The zero-order valence-corrected chi connectivity index (χ0v) is 15.2. The fourth-order valence-corrected chi connectivity index (χ4v) is 2.23. The summed E-state index contributed by atoms with van der Waals surface area (Å²) >= 11 is 2.15. The molecule has 0 saturated carbocycles. The van der Waals surface area contributed by atoms with Gasteiger partial charge in [-0.25, -0.2) is 0 Å². The van der Waals surface area contributed by atoms with E-state index in [-0.39, 0.29) is 15.8 Å². The van der Waals surface area contributed by atoms with Crippen molar-refractivity contribution in [2.45, 2.75) is 36.7 Å². The predicted octanol–water partition coefficient (Wildman–Crippen LogP) is -0.453. The molecule has 0 radical (unpaired) electrons. The van der Waals surface area contributed by atoms with Crippen molar-refractivity contribution in [2.75, 3.05) is 32.7 Å². The minimum atomic E-state index is -0.0422. The molecule has 0 spiro atoms. The molecule has 0 rings (SSSR count). The number of hydrogen-bond donors (Lipinski definition) is 5. The zero-order chi connectivity index (χ0) is 16.1. The SMILES string of the molecule is CC(C)NCCNCCNC(=O)C(I)CCCN=C(N)N. The summed E-state index contributed by atoms with van der Waals surface area (Å²) in [5, 5.41) is 9.51. The van der Waals surface area contributed by atoms with Crippen LogP contribution in [0.1, 0.15) is 26.7 Å². The van der Waals surface area contributed by atoms with Gasteiger partial charge in [-0.15, -0.1) is 0 Å². The molecule has 0 saturated heterocycles. The molecule has 124 valence electrons. The summed E-state index contributed by atoms with van der Waals surface area (Å²) in [6.07, 6.45) is 1.58. The standard InChI is InChI=1S/C13H29IN6O/c1-10(2)18-8-6-17-7-9-19-12(21)11(14)4-3-5-20-13(15)16/h10-11,17-18H,3-9H2,1-2H3,(H,19,21)(H4,15,16,20). The van der Waals surface area contributed by atoms with E-state index < -0.39 is 0 Å². The van der Waals surface area contributed by atoms with E-state index in [2.05, 4.69) is 57.4 Å². The topological polar surface area (TPSA) is 118 Å². The van der Waals surface area contributed by atoms with Gasteiger partial charge < -0.3 is 27.4 Å². The molecule has 0 heterocycles. The maximum absolute atomic E-state index is 11.8. The smallest absolute Gasteiger partial charge is 0.233 e. The van der Waals surface area contributed by atoms with Crippen LogP contribution in [0.25, 0.3) is 0 Å². The Morgan fingerprint density at radius 1 is 1.19 bits per heavy atom. The van der Waals surface area contributed by atoms with E-state index in [4.69, 9.17) is 11.5 Å². The number of halogens is 1. The van der Waals surface area contributed by atoms with Crippen LogP contribution in [-0.2, 0) is 4.79 Å². The molecule has 0 aliphatic carbocycles. The van der Waals surface area contributed by atoms with E-state index >= 15 is 0 Å². The highest BCUT2D eigenvalue weighted by atomic mass is 127. The molecule has 0 bridgehead atoms. The largest absolute Gasteiger partial charge is 0.370 e. The summed E-state index contributed by atoms with van der Waals surface area (Å²) < 4.78 is -0.0422. The van der Waals surface area contributed by atoms with Crippen LogP contribution in [0.15, 0.2) is 4.99 Å². The fraction of sp³-hybridized carbons (Fsp3) is 0.846. The van der Waals surface area contributed by atoms with Crippen LogP contribution in [0.3, 0.4) is 0 Å². The van der Waals surface area contributed by atoms with Crippen molar-refractivity contribution in [3.05, 3.63) is 0 Å². The number of hydrogen-bond acceptors (Lipinski definition) is 4. The van der Waals surface area contributed by atoms with Crippen molar-refractivity contribution in [3.8, 4) is 0 Å². The fourth-order valence-electron chi connectivity index (χ4n) is 1.57. The van der Waals surface area contributed by atoms with Crippen molar-refractivity contribution in [1.82, 2.24) is 16.0 Å². The number of nitrogens with one attached hydrogen (secondary N) is 3. The highest BCUT2D eigenvalue weighted by Gasteiger charge is 2.13. The first kappa shape index (κ1) is 20.4. The number of aliphatic imine (C=N–C) groups is 1. The van der Waals surface area contributed by atoms with Crippen LogP contribution < -0.4 is 27.4 Å². The van der Waals surface area contributed by atoms with Crippen LogP contribution in [0.4, 0.5) is 0 Å². The lowest BCUT2D eigenvalue weighted by atomic mass is 10.2. The van der Waals surface area contributed by atoms with Gasteiger partial charge in [-0.3, -0.25) is 9.79 Å². The quantitative estimate of drug-likeness (QED) is 0.0979. The molecular weight excluding hydrogens is 383 g/mol. The molecule has 0 aromatic rings. The average molecular weight is 412 g/mol. The Labute approximate surface area is 141 Å². The summed E-state index contributed by atoms with van der Waals surface area (Å²) in [6.45, 7) is 8.07. The second-order valence-electron chi connectivity index (χ2n) is 5.07. The normalized spacial score (nSPS) is 12.2. The second-order valence-corrected chi connectivity index (χ2v) is 6.57. The summed E-state index contributed by atoms with van der Waals surface area (Å²) in [5.74, 6) is 0.171. The molecule has 1 amide bonds. The monoisotopic (exact) mass is 412 g/mol. The minimum Gasteiger partial charge on any atom is -0.370 e. The number of guanidine groups is 1. The first-order valence-corrected chi connectivity index (χ1v) is 8.59. The molecule has 0 aromatic carbocycles. The van der Waals surface area contributed by atoms with Gasteiger partial charge in [-0.05, 0) is 12.8 Å². The van der Waals surface area contributed by atoms with Crippen LogP contribution in [0, 0.1) is 0 Å². The van der Waals surface area contributed by atoms with Crippen LogP contribution in [-0.4, -0.2) is 54.6 Å². The Hall–Kier alpha value is -0.610. The highest BCUT2D eigenvalue weighted by molar-refractivity contribution is 14.1. The van der Waals surface area contributed by atoms with Crippen LogP contribution in [0.5, 0.6) is 0 Å². The maximum Gasteiger partial charge on any atom is 0.233 e. The lowest BCUT2D eigenvalue weighted by Crippen LogP contribution is -2.38. The van der Waals surface area contributed by atoms with E-state index in [1.165, 1.54) is 0 Å². The summed E-state index contributed by atoms with van der Waals surface area (Å²) in [6, 6.07) is 0.505. The van der Waals surface area contributed by atoms with Gasteiger partial charge in [-0.2, -0.15) is 0 Å². The van der Waals surface area contributed by atoms with Crippen LogP contribution >= 0.6 is 22.6 Å². The Bertz CT molecular complexity index is 307. The van der Waals surface area contributed by atoms with Crippen molar-refractivity contribution < 1.29 is 4.79 Å². The molecule has 21 heavy (non-hydrogen) atoms. The first-order chi connectivity index (χ1) is 9.93. The van der Waals surface area contributed by atoms with Gasteiger partial charge in [-0.1, -0.05) is 36.4 Å². The van der Waals surface area contributed by atoms with Gasteiger partial charge in [0.15, 0.2) is 5.96 Å². The number of nitrogens with zero attached hydrogens (tertiary/aromatic N) is 1. The van der Waals surface area contributed by atoms with Crippen molar-refractivity contribution in [1.29, 1.82) is 0 Å². The van der Waals surface area contributed by atoms with Gasteiger partial charge in [0, 0.05) is 38.8 Å². The van der Waals surface area contributed by atoms with Crippen molar-refractivity contribution in [2.24, 2.45) is 16.5 Å². The van der Waals surface area contributed by atoms with Crippen molar-refractivity contribution in [3.63, 3.8) is 0 Å². The number of carbonyl (C=O) groups excluding carboxylic acids is 1. The highest BCUT2D eigenvalue weighted by Crippen LogP contribution is 2.08. The van der Waals surface area contributed by atoms with Gasteiger partial charge in [0.2, 0.25) is 5.91 Å². The molecule has 0 fully saturated rings. The van der Waals surface area contributed by atoms with Gasteiger partial charge in [0.1, 0.15) is 0 Å². The Kier molecular flexibility index (Phi) is 12.7.